The second-order valence-electron chi connectivity index (χ2n) is 5.39. The lowest BCUT2D eigenvalue weighted by atomic mass is 9.85. The molecule has 1 saturated heterocycles. The molecular weight excluding hydrogens is 162 g/mol. The molecule has 0 spiro atoms. The molecule has 0 aliphatic carbocycles. The van der Waals surface area contributed by atoms with E-state index in [9.17, 15) is 4.79 Å². The van der Waals surface area contributed by atoms with Gasteiger partial charge in [0.1, 0.15) is 5.78 Å². The van der Waals surface area contributed by atoms with E-state index < -0.39 is 0 Å². The third kappa shape index (κ3) is 2.31. The second kappa shape index (κ2) is 3.41. The number of hydrogen-bond donors (Lipinski definition) is 0. The van der Waals surface area contributed by atoms with Crippen molar-refractivity contribution in [3.05, 3.63) is 0 Å². The van der Waals surface area contributed by atoms with Gasteiger partial charge in [-0.15, -0.1) is 0 Å². The van der Waals surface area contributed by atoms with Gasteiger partial charge in [-0.25, -0.2) is 0 Å². The lowest BCUT2D eigenvalue weighted by Gasteiger charge is -2.36. The van der Waals surface area contributed by atoms with E-state index in [0.717, 1.165) is 6.42 Å². The van der Waals surface area contributed by atoms with E-state index in [2.05, 4.69) is 39.5 Å². The highest BCUT2D eigenvalue weighted by atomic mass is 16.1. The van der Waals surface area contributed by atoms with Gasteiger partial charge in [-0.1, -0.05) is 20.8 Å². The average molecular weight is 183 g/mol. The molecule has 0 saturated carbocycles. The molecule has 1 unspecified atom stereocenters. The Labute approximate surface area is 81.3 Å². The molecule has 13 heavy (non-hydrogen) atoms. The molecule has 0 N–H and O–H groups in total. The maximum atomic E-state index is 11.4. The number of carbonyl (C=O) groups excluding carboxylic acids is 1. The van der Waals surface area contributed by atoms with Gasteiger partial charge in [0.2, 0.25) is 0 Å². The van der Waals surface area contributed by atoms with Crippen LogP contribution in [0, 0.1) is 5.41 Å². The Bertz CT molecular complexity index is 203. The molecule has 0 bridgehead atoms. The molecule has 1 fully saturated rings. The first kappa shape index (κ1) is 10.7. The molecule has 0 amide bonds. The standard InChI is InChI=1S/C11H21NO/c1-8(2)12-7-9(13)6-10(12)11(3,4)5/h8,10H,6-7H2,1-5H3. The summed E-state index contributed by atoms with van der Waals surface area (Å²) in [6.45, 7) is 11.6. The third-order valence-corrected chi connectivity index (χ3v) is 2.84. The maximum Gasteiger partial charge on any atom is 0.148 e. The number of carbonyl (C=O) groups is 1. The Morgan fingerprint density at radius 1 is 1.38 bits per heavy atom. The zero-order valence-corrected chi connectivity index (χ0v) is 9.42. The van der Waals surface area contributed by atoms with Crippen LogP contribution in [-0.2, 0) is 4.79 Å². The average Bonchev–Trinajstić information content (AvgIpc) is 2.29. The maximum absolute atomic E-state index is 11.4. The Morgan fingerprint density at radius 3 is 2.23 bits per heavy atom. The fraction of sp³-hybridized carbons (Fsp3) is 0.909. The van der Waals surface area contributed by atoms with E-state index in [1.807, 2.05) is 0 Å². The minimum Gasteiger partial charge on any atom is -0.298 e. The number of rotatable bonds is 1. The van der Waals surface area contributed by atoms with Crippen LogP contribution in [0.4, 0.5) is 0 Å². The first-order chi connectivity index (χ1) is 5.82. The van der Waals surface area contributed by atoms with Crippen LogP contribution in [0.25, 0.3) is 0 Å². The van der Waals surface area contributed by atoms with E-state index in [1.165, 1.54) is 0 Å². The predicted molar refractivity (Wildman–Crippen MR) is 54.7 cm³/mol. The molecule has 2 nitrogen and oxygen atoms in total. The van der Waals surface area contributed by atoms with Gasteiger partial charge in [0.15, 0.2) is 0 Å². The minimum atomic E-state index is 0.219. The molecule has 1 aliphatic rings. The number of Topliss-reactive ketones (excluding diaryl/α,β-unsaturated/α-hetero) is 1. The van der Waals surface area contributed by atoms with Crippen molar-refractivity contribution in [2.24, 2.45) is 5.41 Å². The minimum absolute atomic E-state index is 0.219. The molecule has 1 atom stereocenters. The lowest BCUT2D eigenvalue weighted by molar-refractivity contribution is -0.117. The van der Waals surface area contributed by atoms with E-state index >= 15 is 0 Å². The van der Waals surface area contributed by atoms with Gasteiger partial charge in [0.25, 0.3) is 0 Å². The summed E-state index contributed by atoms with van der Waals surface area (Å²) in [5.74, 6) is 0.397. The van der Waals surface area contributed by atoms with Gasteiger partial charge in [0, 0.05) is 18.5 Å². The molecule has 0 aromatic carbocycles. The Morgan fingerprint density at radius 2 is 1.92 bits per heavy atom. The largest absolute Gasteiger partial charge is 0.298 e. The number of nitrogens with zero attached hydrogens (tertiary/aromatic N) is 1. The van der Waals surface area contributed by atoms with E-state index in [-0.39, 0.29) is 5.41 Å². The van der Waals surface area contributed by atoms with Crippen molar-refractivity contribution in [3.63, 3.8) is 0 Å². The van der Waals surface area contributed by atoms with E-state index in [0.29, 0.717) is 24.4 Å². The van der Waals surface area contributed by atoms with Crippen LogP contribution < -0.4 is 0 Å². The number of ketones is 1. The first-order valence-electron chi connectivity index (χ1n) is 5.10. The number of likely N-dealkylation sites (tertiary alicyclic amines) is 1. The van der Waals surface area contributed by atoms with Crippen LogP contribution in [0.3, 0.4) is 0 Å². The molecular formula is C11H21NO. The summed E-state index contributed by atoms with van der Waals surface area (Å²) < 4.78 is 0. The van der Waals surface area contributed by atoms with Crippen LogP contribution in [0.1, 0.15) is 41.0 Å². The SMILES string of the molecule is CC(C)N1CC(=O)CC1C(C)(C)C. The Hall–Kier alpha value is -0.370. The van der Waals surface area contributed by atoms with Gasteiger partial charge in [0.05, 0.1) is 6.54 Å². The highest BCUT2D eigenvalue weighted by molar-refractivity contribution is 5.83. The van der Waals surface area contributed by atoms with E-state index in [4.69, 9.17) is 0 Å². The van der Waals surface area contributed by atoms with Gasteiger partial charge in [-0.2, -0.15) is 0 Å². The number of hydrogen-bond acceptors (Lipinski definition) is 2. The zero-order chi connectivity index (χ0) is 10.2. The van der Waals surface area contributed by atoms with Crippen LogP contribution >= 0.6 is 0 Å². The summed E-state index contributed by atoms with van der Waals surface area (Å²) >= 11 is 0. The monoisotopic (exact) mass is 183 g/mol. The van der Waals surface area contributed by atoms with Crippen molar-refractivity contribution in [1.82, 2.24) is 4.90 Å². The van der Waals surface area contributed by atoms with E-state index in [1.54, 1.807) is 0 Å². The van der Waals surface area contributed by atoms with Gasteiger partial charge < -0.3 is 0 Å². The predicted octanol–water partition coefficient (Wildman–Crippen LogP) is 2.08. The Balaban J connectivity index is 2.78. The van der Waals surface area contributed by atoms with Crippen molar-refractivity contribution in [2.75, 3.05) is 6.54 Å². The highest BCUT2D eigenvalue weighted by Crippen LogP contribution is 2.32. The highest BCUT2D eigenvalue weighted by Gasteiger charge is 2.39. The van der Waals surface area contributed by atoms with Gasteiger partial charge >= 0.3 is 0 Å². The van der Waals surface area contributed by atoms with Crippen molar-refractivity contribution in [1.29, 1.82) is 0 Å². The van der Waals surface area contributed by atoms with Crippen LogP contribution in [0.15, 0.2) is 0 Å². The third-order valence-electron chi connectivity index (χ3n) is 2.84. The second-order valence-corrected chi connectivity index (χ2v) is 5.39. The summed E-state index contributed by atoms with van der Waals surface area (Å²) in [5.41, 5.74) is 0.219. The summed E-state index contributed by atoms with van der Waals surface area (Å²) in [6.07, 6.45) is 0.738. The molecule has 2 heteroatoms. The van der Waals surface area contributed by atoms with Crippen molar-refractivity contribution >= 4 is 5.78 Å². The molecule has 1 heterocycles. The summed E-state index contributed by atoms with van der Waals surface area (Å²) in [6, 6.07) is 0.913. The fourth-order valence-electron chi connectivity index (χ4n) is 2.06. The van der Waals surface area contributed by atoms with Crippen molar-refractivity contribution in [3.8, 4) is 0 Å². The normalized spacial score (nSPS) is 26.0. The summed E-state index contributed by atoms with van der Waals surface area (Å²) in [7, 11) is 0. The topological polar surface area (TPSA) is 20.3 Å². The first-order valence-corrected chi connectivity index (χ1v) is 5.10. The van der Waals surface area contributed by atoms with Gasteiger partial charge in [-0.3, -0.25) is 9.69 Å². The lowest BCUT2D eigenvalue weighted by Crippen LogP contribution is -2.43. The van der Waals surface area contributed by atoms with Crippen LogP contribution in [0.2, 0.25) is 0 Å². The quantitative estimate of drug-likeness (QED) is 0.620. The van der Waals surface area contributed by atoms with Crippen LogP contribution in [-0.4, -0.2) is 29.3 Å². The summed E-state index contributed by atoms with van der Waals surface area (Å²) in [5, 5.41) is 0. The zero-order valence-electron chi connectivity index (χ0n) is 9.42. The smallest absolute Gasteiger partial charge is 0.148 e. The molecule has 1 aliphatic heterocycles. The molecule has 0 aromatic heterocycles. The fourth-order valence-corrected chi connectivity index (χ4v) is 2.06. The molecule has 76 valence electrons. The molecule has 1 rings (SSSR count). The molecule has 0 radical (unpaired) electrons. The van der Waals surface area contributed by atoms with Gasteiger partial charge in [-0.05, 0) is 19.3 Å². The van der Waals surface area contributed by atoms with Crippen molar-refractivity contribution in [2.45, 2.75) is 53.1 Å². The molecule has 0 aromatic rings. The Kier molecular flexibility index (Phi) is 2.81. The summed E-state index contributed by atoms with van der Waals surface area (Å²) in [4.78, 5) is 13.7. The van der Waals surface area contributed by atoms with Crippen LogP contribution in [0.5, 0.6) is 0 Å². The van der Waals surface area contributed by atoms with Crippen molar-refractivity contribution < 1.29 is 4.79 Å².